The summed E-state index contributed by atoms with van der Waals surface area (Å²) >= 11 is 0. The lowest BCUT2D eigenvalue weighted by atomic mass is 10.2. The number of aliphatic hydroxyl groups is 1. The van der Waals surface area contributed by atoms with E-state index in [9.17, 15) is 5.11 Å². The quantitative estimate of drug-likeness (QED) is 0.663. The van der Waals surface area contributed by atoms with Gasteiger partial charge in [0.05, 0.1) is 0 Å². The molecule has 102 valence electrons. The first kappa shape index (κ1) is 15.0. The van der Waals surface area contributed by atoms with Crippen molar-refractivity contribution in [1.82, 2.24) is 5.32 Å². The van der Waals surface area contributed by atoms with Crippen molar-refractivity contribution in [3.63, 3.8) is 0 Å². The minimum Gasteiger partial charge on any atom is -0.491 e. The molecule has 0 spiro atoms. The van der Waals surface area contributed by atoms with Gasteiger partial charge in [-0.05, 0) is 37.6 Å². The van der Waals surface area contributed by atoms with Gasteiger partial charge < -0.3 is 15.2 Å². The molecule has 1 aromatic carbocycles. The minimum atomic E-state index is -0.452. The van der Waals surface area contributed by atoms with Crippen molar-refractivity contribution in [2.45, 2.75) is 39.2 Å². The van der Waals surface area contributed by atoms with E-state index >= 15 is 0 Å². The summed E-state index contributed by atoms with van der Waals surface area (Å²) in [5.41, 5.74) is 1.17. The second kappa shape index (κ2) is 8.95. The highest BCUT2D eigenvalue weighted by Gasteiger charge is 2.04. The molecule has 0 amide bonds. The first-order chi connectivity index (χ1) is 8.72. The summed E-state index contributed by atoms with van der Waals surface area (Å²) in [6.45, 7) is 6.11. The van der Waals surface area contributed by atoms with Gasteiger partial charge >= 0.3 is 0 Å². The molecule has 18 heavy (non-hydrogen) atoms. The lowest BCUT2D eigenvalue weighted by Crippen LogP contribution is -2.32. The number of rotatable bonds is 9. The van der Waals surface area contributed by atoms with Crippen LogP contribution in [-0.2, 0) is 0 Å². The molecule has 2 N–H and O–H groups in total. The predicted octanol–water partition coefficient (Wildman–Crippen LogP) is 2.51. The molecule has 1 atom stereocenters. The van der Waals surface area contributed by atoms with Crippen molar-refractivity contribution in [3.8, 4) is 5.75 Å². The Balaban J connectivity index is 2.11. The molecule has 3 heteroatoms. The zero-order chi connectivity index (χ0) is 13.2. The molecule has 1 aromatic rings. The number of benzene rings is 1. The normalized spacial score (nSPS) is 12.4. The molecular weight excluding hydrogens is 226 g/mol. The van der Waals surface area contributed by atoms with E-state index in [2.05, 4.69) is 12.2 Å². The maximum absolute atomic E-state index is 9.75. The molecule has 0 fully saturated rings. The lowest BCUT2D eigenvalue weighted by Gasteiger charge is -2.13. The van der Waals surface area contributed by atoms with Gasteiger partial charge in [0.25, 0.3) is 0 Å². The second-order valence-electron chi connectivity index (χ2n) is 4.69. The third-order valence-electron chi connectivity index (χ3n) is 2.77. The Hall–Kier alpha value is -1.06. The van der Waals surface area contributed by atoms with E-state index < -0.39 is 6.10 Å². The maximum atomic E-state index is 9.75. The summed E-state index contributed by atoms with van der Waals surface area (Å²) in [4.78, 5) is 0. The largest absolute Gasteiger partial charge is 0.491 e. The second-order valence-corrected chi connectivity index (χ2v) is 4.69. The highest BCUT2D eigenvalue weighted by atomic mass is 16.5. The van der Waals surface area contributed by atoms with Gasteiger partial charge in [0.1, 0.15) is 18.5 Å². The lowest BCUT2D eigenvalue weighted by molar-refractivity contribution is 0.106. The number of ether oxygens (including phenoxy) is 1. The number of nitrogens with one attached hydrogen (secondary N) is 1. The van der Waals surface area contributed by atoms with Gasteiger partial charge in [-0.25, -0.2) is 0 Å². The summed E-state index contributed by atoms with van der Waals surface area (Å²) in [6, 6.07) is 7.87. The summed E-state index contributed by atoms with van der Waals surface area (Å²) in [5, 5.41) is 13.0. The Morgan fingerprint density at radius 3 is 2.89 bits per heavy atom. The van der Waals surface area contributed by atoms with E-state index in [4.69, 9.17) is 4.74 Å². The van der Waals surface area contributed by atoms with Crippen molar-refractivity contribution in [2.75, 3.05) is 19.7 Å². The molecule has 0 bridgehead atoms. The molecule has 0 aromatic heterocycles. The van der Waals surface area contributed by atoms with Crippen molar-refractivity contribution in [1.29, 1.82) is 0 Å². The Kier molecular flexibility index (Phi) is 7.46. The van der Waals surface area contributed by atoms with Gasteiger partial charge in [0.15, 0.2) is 0 Å². The first-order valence-electron chi connectivity index (χ1n) is 6.80. The van der Waals surface area contributed by atoms with Gasteiger partial charge in [-0.1, -0.05) is 31.9 Å². The van der Waals surface area contributed by atoms with Crippen LogP contribution in [0.4, 0.5) is 0 Å². The molecule has 3 nitrogen and oxygen atoms in total. The molecule has 1 unspecified atom stereocenters. The van der Waals surface area contributed by atoms with Crippen LogP contribution in [0.3, 0.4) is 0 Å². The van der Waals surface area contributed by atoms with Gasteiger partial charge in [-0.15, -0.1) is 0 Å². The van der Waals surface area contributed by atoms with Crippen LogP contribution >= 0.6 is 0 Å². The SMILES string of the molecule is CCCCCNCC(O)COc1cccc(C)c1. The Morgan fingerprint density at radius 1 is 1.33 bits per heavy atom. The van der Waals surface area contributed by atoms with Crippen LogP contribution < -0.4 is 10.1 Å². The Morgan fingerprint density at radius 2 is 2.17 bits per heavy atom. The fraction of sp³-hybridized carbons (Fsp3) is 0.600. The van der Waals surface area contributed by atoms with Gasteiger partial charge in [0, 0.05) is 6.54 Å². The fourth-order valence-electron chi connectivity index (χ4n) is 1.73. The van der Waals surface area contributed by atoms with E-state index in [-0.39, 0.29) is 0 Å². The highest BCUT2D eigenvalue weighted by Crippen LogP contribution is 2.12. The molecule has 0 aliphatic rings. The van der Waals surface area contributed by atoms with Crippen molar-refractivity contribution < 1.29 is 9.84 Å². The molecule has 0 saturated carbocycles. The molecule has 0 heterocycles. The van der Waals surface area contributed by atoms with Crippen LogP contribution in [0.5, 0.6) is 5.75 Å². The van der Waals surface area contributed by atoms with Crippen LogP contribution in [-0.4, -0.2) is 30.9 Å². The van der Waals surface area contributed by atoms with E-state index in [1.165, 1.54) is 24.8 Å². The average molecular weight is 251 g/mol. The number of hydrogen-bond donors (Lipinski definition) is 2. The Bertz CT molecular complexity index is 328. The summed E-state index contributed by atoms with van der Waals surface area (Å²) in [6.07, 6.45) is 3.18. The average Bonchev–Trinajstić information content (AvgIpc) is 2.36. The zero-order valence-corrected chi connectivity index (χ0v) is 11.5. The number of aliphatic hydroxyl groups excluding tert-OH is 1. The van der Waals surface area contributed by atoms with Crippen LogP contribution in [0, 0.1) is 6.92 Å². The molecule has 1 rings (SSSR count). The number of aryl methyl sites for hydroxylation is 1. The molecule has 0 aliphatic carbocycles. The molecule has 0 saturated heterocycles. The van der Waals surface area contributed by atoms with E-state index in [0.717, 1.165) is 12.3 Å². The third-order valence-corrected chi connectivity index (χ3v) is 2.77. The van der Waals surface area contributed by atoms with Crippen molar-refractivity contribution in [3.05, 3.63) is 29.8 Å². The molecule has 0 aliphatic heterocycles. The summed E-state index contributed by atoms with van der Waals surface area (Å²) in [7, 11) is 0. The van der Waals surface area contributed by atoms with Crippen molar-refractivity contribution >= 4 is 0 Å². The minimum absolute atomic E-state index is 0.338. The van der Waals surface area contributed by atoms with Crippen LogP contribution in [0.2, 0.25) is 0 Å². The highest BCUT2D eigenvalue weighted by molar-refractivity contribution is 5.27. The predicted molar refractivity (Wildman–Crippen MR) is 75.1 cm³/mol. The first-order valence-corrected chi connectivity index (χ1v) is 6.80. The van der Waals surface area contributed by atoms with Crippen LogP contribution in [0.1, 0.15) is 31.7 Å². The van der Waals surface area contributed by atoms with Crippen molar-refractivity contribution in [2.24, 2.45) is 0 Å². The topological polar surface area (TPSA) is 41.5 Å². The fourth-order valence-corrected chi connectivity index (χ4v) is 1.73. The summed E-state index contributed by atoms with van der Waals surface area (Å²) in [5.74, 6) is 0.819. The molecular formula is C15H25NO2. The van der Waals surface area contributed by atoms with Crippen LogP contribution in [0.25, 0.3) is 0 Å². The smallest absolute Gasteiger partial charge is 0.119 e. The molecule has 0 radical (unpaired) electrons. The summed E-state index contributed by atoms with van der Waals surface area (Å²) < 4.78 is 5.54. The Labute approximate surface area is 110 Å². The van der Waals surface area contributed by atoms with Crippen LogP contribution in [0.15, 0.2) is 24.3 Å². The van der Waals surface area contributed by atoms with Gasteiger partial charge in [-0.3, -0.25) is 0 Å². The third kappa shape index (κ3) is 6.62. The number of hydrogen-bond acceptors (Lipinski definition) is 3. The maximum Gasteiger partial charge on any atom is 0.119 e. The standard InChI is InChI=1S/C15H25NO2/c1-3-4-5-9-16-11-14(17)12-18-15-8-6-7-13(2)10-15/h6-8,10,14,16-17H,3-5,9,11-12H2,1-2H3. The van der Waals surface area contributed by atoms with Gasteiger partial charge in [-0.2, -0.15) is 0 Å². The monoisotopic (exact) mass is 251 g/mol. The number of unbranched alkanes of at least 4 members (excludes halogenated alkanes) is 2. The van der Waals surface area contributed by atoms with E-state index in [0.29, 0.717) is 13.2 Å². The van der Waals surface area contributed by atoms with Gasteiger partial charge in [0.2, 0.25) is 0 Å². The van der Waals surface area contributed by atoms with E-state index in [1.54, 1.807) is 0 Å². The zero-order valence-electron chi connectivity index (χ0n) is 11.5. The van der Waals surface area contributed by atoms with E-state index in [1.807, 2.05) is 31.2 Å².